The minimum atomic E-state index is -0.492. The average Bonchev–Trinajstić information content (AvgIpc) is 3.09. The van der Waals surface area contributed by atoms with Crippen LogP contribution >= 0.6 is 0 Å². The summed E-state index contributed by atoms with van der Waals surface area (Å²) in [6, 6.07) is 0. The van der Waals surface area contributed by atoms with Gasteiger partial charge in [-0.3, -0.25) is 9.59 Å². The van der Waals surface area contributed by atoms with Gasteiger partial charge in [0.2, 0.25) is 0 Å². The number of nitrogens with zero attached hydrogens (tertiary/aromatic N) is 1. The Balaban J connectivity index is 4.33. The van der Waals surface area contributed by atoms with E-state index in [1.54, 1.807) is 0 Å². The number of rotatable bonds is 36. The third-order valence-corrected chi connectivity index (χ3v) is 9.93. The molecule has 0 aliphatic heterocycles. The van der Waals surface area contributed by atoms with Crippen molar-refractivity contribution in [2.24, 2.45) is 11.8 Å². The Morgan fingerprint density at radius 1 is 0.519 bits per heavy atom. The molecule has 0 unspecified atom stereocenters. The number of carbonyl (C=O) groups excluding carboxylic acids is 3. The van der Waals surface area contributed by atoms with Crippen LogP contribution in [0.1, 0.15) is 209 Å². The van der Waals surface area contributed by atoms with Crippen LogP contribution in [0.25, 0.3) is 0 Å². The second-order valence-corrected chi connectivity index (χ2v) is 16.3. The number of unbranched alkanes of at least 4 members (excludes halogenated alkanes) is 10. The van der Waals surface area contributed by atoms with Crippen LogP contribution in [0.2, 0.25) is 0 Å². The van der Waals surface area contributed by atoms with E-state index in [-0.39, 0.29) is 18.0 Å². The van der Waals surface area contributed by atoms with Crippen LogP contribution in [0.5, 0.6) is 0 Å². The monoisotopic (exact) mass is 739 g/mol. The van der Waals surface area contributed by atoms with E-state index in [1.807, 2.05) is 20.8 Å². The highest BCUT2D eigenvalue weighted by molar-refractivity contribution is 5.69. The van der Waals surface area contributed by atoms with Gasteiger partial charge in [-0.05, 0) is 97.2 Å². The first-order valence-corrected chi connectivity index (χ1v) is 22.0. The second kappa shape index (κ2) is 34.9. The zero-order valence-corrected chi connectivity index (χ0v) is 35.5. The number of carbonyl (C=O) groups is 3. The molecule has 1 N–H and O–H groups in total. The fourth-order valence-electron chi connectivity index (χ4n) is 6.90. The van der Waals surface area contributed by atoms with E-state index in [4.69, 9.17) is 14.2 Å². The van der Waals surface area contributed by atoms with Gasteiger partial charge in [-0.15, -0.1) is 0 Å². The van der Waals surface area contributed by atoms with Crippen LogP contribution in [0.3, 0.4) is 0 Å². The summed E-state index contributed by atoms with van der Waals surface area (Å²) in [6.07, 6.45) is 26.8. The SMILES string of the molecule is CCCCC(CCCC)CCOC(=O)CCCCCCCN(CCCCCCCC(=O)OCCC(CCC)CCC)CCCNC(=O)OC(C)(C)C. The fourth-order valence-corrected chi connectivity index (χ4v) is 6.90. The van der Waals surface area contributed by atoms with Crippen LogP contribution < -0.4 is 5.32 Å². The number of hydrogen-bond donors (Lipinski definition) is 1. The Kier molecular flexibility index (Phi) is 33.7. The maximum atomic E-state index is 12.3. The molecule has 0 saturated heterocycles. The molecule has 8 heteroatoms. The van der Waals surface area contributed by atoms with Crippen molar-refractivity contribution in [3.63, 3.8) is 0 Å². The summed E-state index contributed by atoms with van der Waals surface area (Å²) in [4.78, 5) is 39.1. The minimum Gasteiger partial charge on any atom is -0.466 e. The van der Waals surface area contributed by atoms with Crippen LogP contribution in [0.4, 0.5) is 4.79 Å². The van der Waals surface area contributed by atoms with Crippen molar-refractivity contribution in [3.8, 4) is 0 Å². The van der Waals surface area contributed by atoms with E-state index in [2.05, 4.69) is 37.9 Å². The highest BCUT2D eigenvalue weighted by atomic mass is 16.6. The molecule has 0 radical (unpaired) electrons. The minimum absolute atomic E-state index is 0.0332. The number of alkyl carbamates (subject to hydrolysis) is 1. The highest BCUT2D eigenvalue weighted by Crippen LogP contribution is 2.20. The molecule has 0 aromatic carbocycles. The topological polar surface area (TPSA) is 94.2 Å². The van der Waals surface area contributed by atoms with Gasteiger partial charge >= 0.3 is 18.0 Å². The molecule has 0 atom stereocenters. The third-order valence-electron chi connectivity index (χ3n) is 9.93. The summed E-state index contributed by atoms with van der Waals surface area (Å²) >= 11 is 0. The molecule has 0 aliphatic rings. The van der Waals surface area contributed by atoms with Crippen LogP contribution in [-0.4, -0.2) is 67.9 Å². The lowest BCUT2D eigenvalue weighted by molar-refractivity contribution is -0.145. The van der Waals surface area contributed by atoms with Crippen LogP contribution in [0.15, 0.2) is 0 Å². The first-order valence-electron chi connectivity index (χ1n) is 22.0. The zero-order valence-electron chi connectivity index (χ0n) is 35.5. The van der Waals surface area contributed by atoms with Crippen molar-refractivity contribution in [1.29, 1.82) is 0 Å². The molecule has 0 bridgehead atoms. The van der Waals surface area contributed by atoms with Gasteiger partial charge in [-0.2, -0.15) is 0 Å². The lowest BCUT2D eigenvalue weighted by Crippen LogP contribution is -2.35. The Morgan fingerprint density at radius 2 is 0.942 bits per heavy atom. The van der Waals surface area contributed by atoms with Crippen molar-refractivity contribution >= 4 is 18.0 Å². The number of ether oxygens (including phenoxy) is 3. The number of amides is 1. The molecular formula is C44H86N2O6. The predicted octanol–water partition coefficient (Wildman–Crippen LogP) is 12.0. The van der Waals surface area contributed by atoms with Gasteiger partial charge in [0.15, 0.2) is 0 Å². The second-order valence-electron chi connectivity index (χ2n) is 16.3. The Labute approximate surface area is 322 Å². The first-order chi connectivity index (χ1) is 25.0. The quantitative estimate of drug-likeness (QED) is 0.0388. The van der Waals surface area contributed by atoms with Gasteiger partial charge in [0, 0.05) is 19.4 Å². The van der Waals surface area contributed by atoms with Gasteiger partial charge < -0.3 is 24.4 Å². The largest absolute Gasteiger partial charge is 0.466 e. The molecule has 52 heavy (non-hydrogen) atoms. The van der Waals surface area contributed by atoms with Crippen LogP contribution in [0, 0.1) is 11.8 Å². The van der Waals surface area contributed by atoms with Gasteiger partial charge in [-0.25, -0.2) is 4.79 Å². The summed E-state index contributed by atoms with van der Waals surface area (Å²) in [5.74, 6) is 1.31. The Hall–Kier alpha value is -1.83. The third kappa shape index (κ3) is 34.0. The van der Waals surface area contributed by atoms with Crippen molar-refractivity contribution in [1.82, 2.24) is 10.2 Å². The van der Waals surface area contributed by atoms with E-state index in [1.165, 1.54) is 64.2 Å². The maximum Gasteiger partial charge on any atom is 0.407 e. The van der Waals surface area contributed by atoms with Crippen LogP contribution in [-0.2, 0) is 23.8 Å². The molecule has 0 rings (SSSR count). The molecule has 0 fully saturated rings. The molecule has 0 heterocycles. The normalized spacial score (nSPS) is 11.8. The van der Waals surface area contributed by atoms with Crippen molar-refractivity contribution in [3.05, 3.63) is 0 Å². The van der Waals surface area contributed by atoms with E-state index >= 15 is 0 Å². The van der Waals surface area contributed by atoms with Crippen molar-refractivity contribution in [2.75, 3.05) is 39.4 Å². The molecule has 308 valence electrons. The van der Waals surface area contributed by atoms with Crippen molar-refractivity contribution < 1.29 is 28.6 Å². The molecule has 1 amide bonds. The summed E-state index contributed by atoms with van der Waals surface area (Å²) < 4.78 is 16.5. The number of nitrogens with one attached hydrogen (secondary N) is 1. The maximum absolute atomic E-state index is 12.3. The Bertz CT molecular complexity index is 831. The van der Waals surface area contributed by atoms with Gasteiger partial charge in [0.1, 0.15) is 5.60 Å². The van der Waals surface area contributed by atoms with E-state index in [9.17, 15) is 14.4 Å². The molecular weight excluding hydrogens is 652 g/mol. The molecule has 0 aromatic rings. The lowest BCUT2D eigenvalue weighted by Gasteiger charge is -2.23. The summed E-state index contributed by atoms with van der Waals surface area (Å²) in [5.41, 5.74) is -0.492. The summed E-state index contributed by atoms with van der Waals surface area (Å²) in [6.45, 7) is 19.4. The van der Waals surface area contributed by atoms with Gasteiger partial charge in [0.05, 0.1) is 13.2 Å². The molecule has 0 spiro atoms. The Morgan fingerprint density at radius 3 is 1.38 bits per heavy atom. The summed E-state index contributed by atoms with van der Waals surface area (Å²) in [7, 11) is 0. The first kappa shape index (κ1) is 50.2. The molecule has 8 nitrogen and oxygen atoms in total. The van der Waals surface area contributed by atoms with Gasteiger partial charge in [0.25, 0.3) is 0 Å². The molecule has 0 saturated carbocycles. The summed E-state index contributed by atoms with van der Waals surface area (Å²) in [5, 5.41) is 2.89. The highest BCUT2D eigenvalue weighted by Gasteiger charge is 2.16. The standard InChI is InChI=1S/C44H86N2O6/c1-8-12-27-40(28-13-9-2)32-38-51-42(48)30-21-17-15-19-23-35-46(36-24-33-45-43(49)52-44(5,6)7)34-22-18-14-16-20-29-41(47)50-37-31-39(25-10-3)26-11-4/h39-40H,8-38H2,1-7H3,(H,45,49). The van der Waals surface area contributed by atoms with E-state index < -0.39 is 5.60 Å². The number of hydrogen-bond acceptors (Lipinski definition) is 7. The molecule has 0 aliphatic carbocycles. The van der Waals surface area contributed by atoms with E-state index in [0.717, 1.165) is 103 Å². The smallest absolute Gasteiger partial charge is 0.407 e. The van der Waals surface area contributed by atoms with E-state index in [0.29, 0.717) is 44.4 Å². The molecule has 0 aromatic heterocycles. The lowest BCUT2D eigenvalue weighted by atomic mass is 9.93. The average molecular weight is 739 g/mol. The predicted molar refractivity (Wildman–Crippen MR) is 218 cm³/mol. The van der Waals surface area contributed by atoms with Crippen molar-refractivity contribution in [2.45, 2.75) is 215 Å². The number of esters is 2. The van der Waals surface area contributed by atoms with Gasteiger partial charge in [-0.1, -0.05) is 130 Å². The fraction of sp³-hybridized carbons (Fsp3) is 0.932. The zero-order chi connectivity index (χ0) is 38.7.